The zero-order valence-corrected chi connectivity index (χ0v) is 9.32. The molecule has 0 spiro atoms. The molecule has 0 atom stereocenters. The Bertz CT molecular complexity index is 359. The molecule has 0 unspecified atom stereocenters. The Morgan fingerprint density at radius 3 is 3.00 bits per heavy atom. The molecule has 88 valence electrons. The lowest BCUT2D eigenvalue weighted by Crippen LogP contribution is -2.17. The number of anilines is 1. The highest BCUT2D eigenvalue weighted by atomic mass is 16.5. The largest absolute Gasteiger partial charge is 0.466 e. The van der Waals surface area contributed by atoms with Gasteiger partial charge in [0.2, 0.25) is 11.9 Å². The third-order valence-corrected chi connectivity index (χ3v) is 2.91. The van der Waals surface area contributed by atoms with Crippen molar-refractivity contribution in [1.82, 2.24) is 15.2 Å². The number of methoxy groups -OCH3 is 1. The molecule has 0 radical (unpaired) electrons. The van der Waals surface area contributed by atoms with E-state index in [4.69, 9.17) is 4.74 Å². The molecule has 0 saturated heterocycles. The van der Waals surface area contributed by atoms with Crippen molar-refractivity contribution in [2.75, 3.05) is 12.4 Å². The molecule has 6 heteroatoms. The van der Waals surface area contributed by atoms with E-state index in [2.05, 4.69) is 20.5 Å². The zero-order valence-electron chi connectivity index (χ0n) is 9.32. The van der Waals surface area contributed by atoms with Crippen LogP contribution in [-0.4, -0.2) is 28.2 Å². The van der Waals surface area contributed by atoms with Gasteiger partial charge in [0.15, 0.2) is 0 Å². The number of nitrogens with one attached hydrogen (secondary N) is 2. The fraction of sp³-hybridized carbons (Fsp3) is 0.700. The maximum Gasteiger partial charge on any atom is 0.336 e. The monoisotopic (exact) mass is 224 g/mol. The topological polar surface area (TPSA) is 79.9 Å². The van der Waals surface area contributed by atoms with Gasteiger partial charge in [-0.05, 0) is 12.3 Å². The van der Waals surface area contributed by atoms with Crippen molar-refractivity contribution in [2.24, 2.45) is 5.92 Å². The van der Waals surface area contributed by atoms with Crippen molar-refractivity contribution in [3.05, 3.63) is 0 Å². The highest BCUT2D eigenvalue weighted by Gasteiger charge is 2.18. The summed E-state index contributed by atoms with van der Waals surface area (Å²) < 4.78 is 4.80. The van der Waals surface area contributed by atoms with Gasteiger partial charge < -0.3 is 4.74 Å². The van der Waals surface area contributed by atoms with Gasteiger partial charge in [0, 0.05) is 6.42 Å². The molecular formula is C10H16N4O2. The standard InChI is InChI=1S/C10H16N4O2/c1-16-10-12-9(13-14-10)11-8(15)6-5-7-3-2-4-7/h7H,2-6H2,1H3,(H2,11,12,13,14,15). The van der Waals surface area contributed by atoms with Gasteiger partial charge in [-0.25, -0.2) is 5.10 Å². The van der Waals surface area contributed by atoms with Crippen molar-refractivity contribution in [2.45, 2.75) is 32.1 Å². The van der Waals surface area contributed by atoms with Gasteiger partial charge in [-0.2, -0.15) is 4.98 Å². The first-order valence-electron chi connectivity index (χ1n) is 5.54. The molecular weight excluding hydrogens is 208 g/mol. The molecule has 0 aliphatic heterocycles. The fourth-order valence-corrected chi connectivity index (χ4v) is 1.70. The van der Waals surface area contributed by atoms with E-state index in [1.165, 1.54) is 26.4 Å². The van der Waals surface area contributed by atoms with Crippen LogP contribution in [0.1, 0.15) is 32.1 Å². The minimum absolute atomic E-state index is 0.0225. The molecule has 2 N–H and O–H groups in total. The fourth-order valence-electron chi connectivity index (χ4n) is 1.70. The van der Waals surface area contributed by atoms with Crippen LogP contribution in [0.25, 0.3) is 0 Å². The normalized spacial score (nSPS) is 15.6. The highest BCUT2D eigenvalue weighted by molar-refractivity contribution is 5.88. The molecule has 1 fully saturated rings. The average Bonchev–Trinajstić information content (AvgIpc) is 2.63. The Morgan fingerprint density at radius 1 is 1.62 bits per heavy atom. The second-order valence-electron chi connectivity index (χ2n) is 4.05. The van der Waals surface area contributed by atoms with Gasteiger partial charge in [0.25, 0.3) is 0 Å². The first-order chi connectivity index (χ1) is 7.78. The lowest BCUT2D eigenvalue weighted by Gasteiger charge is -2.24. The van der Waals surface area contributed by atoms with Gasteiger partial charge >= 0.3 is 6.01 Å². The molecule has 0 bridgehead atoms. The van der Waals surface area contributed by atoms with Gasteiger partial charge in [-0.15, -0.1) is 5.10 Å². The van der Waals surface area contributed by atoms with Crippen LogP contribution >= 0.6 is 0 Å². The maximum atomic E-state index is 11.5. The summed E-state index contributed by atoms with van der Waals surface area (Å²) in [7, 11) is 1.48. The molecule has 0 aromatic carbocycles. The highest BCUT2D eigenvalue weighted by Crippen LogP contribution is 2.30. The van der Waals surface area contributed by atoms with E-state index in [1.54, 1.807) is 0 Å². The van der Waals surface area contributed by atoms with Crippen LogP contribution < -0.4 is 10.1 Å². The van der Waals surface area contributed by atoms with Crippen molar-refractivity contribution in [3.8, 4) is 6.01 Å². The van der Waals surface area contributed by atoms with E-state index in [1.807, 2.05) is 0 Å². The van der Waals surface area contributed by atoms with Crippen molar-refractivity contribution >= 4 is 11.9 Å². The molecule has 16 heavy (non-hydrogen) atoms. The van der Waals surface area contributed by atoms with Crippen molar-refractivity contribution < 1.29 is 9.53 Å². The lowest BCUT2D eigenvalue weighted by atomic mass is 9.82. The Kier molecular flexibility index (Phi) is 3.38. The molecule has 1 aromatic rings. The summed E-state index contributed by atoms with van der Waals surface area (Å²) in [4.78, 5) is 15.4. The smallest absolute Gasteiger partial charge is 0.336 e. The molecule has 1 aliphatic rings. The van der Waals surface area contributed by atoms with Crippen LogP contribution in [-0.2, 0) is 4.79 Å². The minimum Gasteiger partial charge on any atom is -0.466 e. The molecule has 1 saturated carbocycles. The Hall–Kier alpha value is -1.59. The Labute approximate surface area is 93.8 Å². The predicted octanol–water partition coefficient (Wildman–Crippen LogP) is 1.33. The molecule has 1 heterocycles. The molecule has 6 nitrogen and oxygen atoms in total. The van der Waals surface area contributed by atoms with Crippen LogP contribution in [0.3, 0.4) is 0 Å². The average molecular weight is 224 g/mol. The zero-order chi connectivity index (χ0) is 11.4. The number of carbonyl (C=O) groups excluding carboxylic acids is 1. The first-order valence-corrected chi connectivity index (χ1v) is 5.54. The second kappa shape index (κ2) is 4.96. The van der Waals surface area contributed by atoms with E-state index < -0.39 is 0 Å². The number of aromatic amines is 1. The van der Waals surface area contributed by atoms with Gasteiger partial charge in [0.1, 0.15) is 0 Å². The molecule has 1 aliphatic carbocycles. The van der Waals surface area contributed by atoms with Gasteiger partial charge in [0.05, 0.1) is 7.11 Å². The van der Waals surface area contributed by atoms with Gasteiger partial charge in [-0.3, -0.25) is 10.1 Å². The van der Waals surface area contributed by atoms with Crippen LogP contribution in [0.15, 0.2) is 0 Å². The SMILES string of the molecule is COc1n[nH]c(NC(=O)CCC2CCC2)n1. The summed E-state index contributed by atoms with van der Waals surface area (Å²) in [6.07, 6.45) is 5.36. The summed E-state index contributed by atoms with van der Waals surface area (Å²) in [6, 6.07) is 0.231. The quantitative estimate of drug-likeness (QED) is 0.790. The van der Waals surface area contributed by atoms with Crippen LogP contribution in [0.2, 0.25) is 0 Å². The number of amides is 1. The predicted molar refractivity (Wildman–Crippen MR) is 58.1 cm³/mol. The molecule has 1 amide bonds. The number of H-pyrrole nitrogens is 1. The molecule has 2 rings (SSSR count). The number of rotatable bonds is 5. The lowest BCUT2D eigenvalue weighted by molar-refractivity contribution is -0.116. The summed E-state index contributed by atoms with van der Waals surface area (Å²) in [5, 5.41) is 8.97. The Morgan fingerprint density at radius 2 is 2.44 bits per heavy atom. The number of ether oxygens (including phenoxy) is 1. The number of nitrogens with zero attached hydrogens (tertiary/aromatic N) is 2. The number of hydrogen-bond donors (Lipinski definition) is 2. The van der Waals surface area contributed by atoms with Crippen molar-refractivity contribution in [3.63, 3.8) is 0 Å². The minimum atomic E-state index is -0.0225. The van der Waals surface area contributed by atoms with E-state index in [0.717, 1.165) is 12.3 Å². The van der Waals surface area contributed by atoms with Gasteiger partial charge in [-0.1, -0.05) is 19.3 Å². The van der Waals surface area contributed by atoms with E-state index >= 15 is 0 Å². The number of aromatic nitrogens is 3. The summed E-state index contributed by atoms with van der Waals surface area (Å²) in [5.74, 6) is 1.07. The van der Waals surface area contributed by atoms with Crippen LogP contribution in [0.5, 0.6) is 6.01 Å². The first kappa shape index (κ1) is 10.9. The maximum absolute atomic E-state index is 11.5. The third-order valence-electron chi connectivity index (χ3n) is 2.91. The summed E-state index contributed by atoms with van der Waals surface area (Å²) in [6.45, 7) is 0. The second-order valence-corrected chi connectivity index (χ2v) is 4.05. The Balaban J connectivity index is 1.73. The van der Waals surface area contributed by atoms with Crippen LogP contribution in [0.4, 0.5) is 5.95 Å². The van der Waals surface area contributed by atoms with E-state index in [9.17, 15) is 4.79 Å². The molecule has 1 aromatic heterocycles. The van der Waals surface area contributed by atoms with E-state index in [0.29, 0.717) is 12.4 Å². The number of hydrogen-bond acceptors (Lipinski definition) is 4. The third kappa shape index (κ3) is 2.71. The van der Waals surface area contributed by atoms with Crippen molar-refractivity contribution in [1.29, 1.82) is 0 Å². The summed E-state index contributed by atoms with van der Waals surface area (Å²) in [5.41, 5.74) is 0. The summed E-state index contributed by atoms with van der Waals surface area (Å²) >= 11 is 0. The number of carbonyl (C=O) groups is 1. The van der Waals surface area contributed by atoms with Crippen LogP contribution in [0, 0.1) is 5.92 Å². The van der Waals surface area contributed by atoms with E-state index in [-0.39, 0.29) is 11.9 Å².